The van der Waals surface area contributed by atoms with Gasteiger partial charge in [-0.05, 0) is 37.2 Å². The zero-order valence-corrected chi connectivity index (χ0v) is 15.3. The van der Waals surface area contributed by atoms with E-state index in [1.165, 1.54) is 37.8 Å². The Morgan fingerprint density at radius 3 is 2.76 bits per heavy atom. The molecule has 1 aromatic heterocycles. The number of rotatable bonds is 3. The number of nitrogens with zero attached hydrogens (tertiary/aromatic N) is 4. The second-order valence-corrected chi connectivity index (χ2v) is 6.28. The lowest BCUT2D eigenvalue weighted by molar-refractivity contribution is 0.151. The Labute approximate surface area is 144 Å². The van der Waals surface area contributed by atoms with Crippen molar-refractivity contribution in [3.8, 4) is 0 Å². The molecule has 2 fully saturated rings. The van der Waals surface area contributed by atoms with Crippen molar-refractivity contribution >= 4 is 29.9 Å². The van der Waals surface area contributed by atoms with Crippen molar-refractivity contribution in [2.24, 2.45) is 10.4 Å². The molecule has 0 aromatic carbocycles. The monoisotopic (exact) mass is 403 g/mol. The van der Waals surface area contributed by atoms with E-state index >= 15 is 0 Å². The Hall–Kier alpha value is -0.790. The normalized spacial score (nSPS) is 20.3. The number of hydrogen-bond donors (Lipinski definition) is 1. The van der Waals surface area contributed by atoms with Crippen LogP contribution in [0.15, 0.2) is 17.4 Å². The zero-order chi connectivity index (χ0) is 14.0. The van der Waals surface area contributed by atoms with Crippen LogP contribution in [0.1, 0.15) is 31.2 Å². The maximum atomic E-state index is 4.43. The smallest absolute Gasteiger partial charge is 0.193 e. The summed E-state index contributed by atoms with van der Waals surface area (Å²) < 4.78 is 1.98. The molecule has 21 heavy (non-hydrogen) atoms. The number of guanidine groups is 1. The molecule has 2 aliphatic rings. The van der Waals surface area contributed by atoms with Gasteiger partial charge in [0.1, 0.15) is 0 Å². The third-order valence-corrected chi connectivity index (χ3v) is 4.75. The van der Waals surface area contributed by atoms with Crippen LogP contribution in [-0.4, -0.2) is 47.3 Å². The average molecular weight is 403 g/mol. The summed E-state index contributed by atoms with van der Waals surface area (Å²) in [7, 11) is 1.88. The molecule has 2 heterocycles. The molecule has 0 radical (unpaired) electrons. The van der Waals surface area contributed by atoms with E-state index in [4.69, 9.17) is 0 Å². The number of aliphatic imine (C=N–C) groups is 1. The Kier molecular flexibility index (Phi) is 5.51. The van der Waals surface area contributed by atoms with Gasteiger partial charge < -0.3 is 10.2 Å². The third kappa shape index (κ3) is 3.70. The summed E-state index contributed by atoms with van der Waals surface area (Å²) in [5, 5.41) is 7.77. The van der Waals surface area contributed by atoms with E-state index in [9.17, 15) is 0 Å². The average Bonchev–Trinajstić information content (AvgIpc) is 3.01. The lowest BCUT2D eigenvalue weighted by atomic mass is 9.68. The topological polar surface area (TPSA) is 45.5 Å². The fourth-order valence-corrected chi connectivity index (χ4v) is 3.40. The fourth-order valence-electron chi connectivity index (χ4n) is 3.40. The number of halogens is 1. The standard InChI is InChI=1S/C15H25N5.HI/c1-13-10-18-20(11-13)9-7-17-14(16-2)19-8-6-15(12-19)4-3-5-15;/h10-11H,3-9,12H2,1-2H3,(H,16,17);1H. The minimum atomic E-state index is 0. The number of likely N-dealkylation sites (tertiary alicyclic amines) is 1. The van der Waals surface area contributed by atoms with Crippen molar-refractivity contribution in [2.45, 2.75) is 39.2 Å². The van der Waals surface area contributed by atoms with Gasteiger partial charge in [-0.2, -0.15) is 5.10 Å². The van der Waals surface area contributed by atoms with Gasteiger partial charge in [0.25, 0.3) is 0 Å². The van der Waals surface area contributed by atoms with Crippen LogP contribution < -0.4 is 5.32 Å². The number of hydrogen-bond acceptors (Lipinski definition) is 2. The SMILES string of the molecule is CN=C(NCCn1cc(C)cn1)N1CCC2(CCC2)C1.I. The molecule has 1 spiro atoms. The highest BCUT2D eigenvalue weighted by Gasteiger charge is 2.43. The molecule has 118 valence electrons. The number of nitrogens with one attached hydrogen (secondary N) is 1. The minimum Gasteiger partial charge on any atom is -0.354 e. The highest BCUT2D eigenvalue weighted by Crippen LogP contribution is 2.47. The molecule has 3 rings (SSSR count). The molecule has 5 nitrogen and oxygen atoms in total. The highest BCUT2D eigenvalue weighted by atomic mass is 127. The largest absolute Gasteiger partial charge is 0.354 e. The van der Waals surface area contributed by atoms with Crippen molar-refractivity contribution < 1.29 is 0 Å². The quantitative estimate of drug-likeness (QED) is 0.479. The van der Waals surface area contributed by atoms with Crippen molar-refractivity contribution in [3.05, 3.63) is 18.0 Å². The molecule has 0 unspecified atom stereocenters. The van der Waals surface area contributed by atoms with Crippen LogP contribution in [0.4, 0.5) is 0 Å². The molecular weight excluding hydrogens is 377 g/mol. The third-order valence-electron chi connectivity index (χ3n) is 4.75. The lowest BCUT2D eigenvalue weighted by Gasteiger charge is -2.38. The van der Waals surface area contributed by atoms with Crippen LogP contribution in [0.5, 0.6) is 0 Å². The van der Waals surface area contributed by atoms with Crippen molar-refractivity contribution in [1.29, 1.82) is 0 Å². The predicted molar refractivity (Wildman–Crippen MR) is 96.2 cm³/mol. The summed E-state index contributed by atoms with van der Waals surface area (Å²) in [6, 6.07) is 0. The van der Waals surface area contributed by atoms with Gasteiger partial charge in [-0.1, -0.05) is 6.42 Å². The molecule has 0 bridgehead atoms. The van der Waals surface area contributed by atoms with Gasteiger partial charge in [0.15, 0.2) is 5.96 Å². The highest BCUT2D eigenvalue weighted by molar-refractivity contribution is 14.0. The van der Waals surface area contributed by atoms with E-state index in [2.05, 4.69) is 33.4 Å². The summed E-state index contributed by atoms with van der Waals surface area (Å²) in [6.45, 7) is 6.16. The molecule has 0 amide bonds. The number of aromatic nitrogens is 2. The molecular formula is C15H26IN5. The van der Waals surface area contributed by atoms with Crippen molar-refractivity contribution in [2.75, 3.05) is 26.7 Å². The van der Waals surface area contributed by atoms with Crippen molar-refractivity contribution in [3.63, 3.8) is 0 Å². The van der Waals surface area contributed by atoms with Gasteiger partial charge in [0.2, 0.25) is 0 Å². The minimum absolute atomic E-state index is 0. The van der Waals surface area contributed by atoms with E-state index in [1.54, 1.807) is 0 Å². The molecule has 1 aliphatic carbocycles. The van der Waals surface area contributed by atoms with Gasteiger partial charge >= 0.3 is 0 Å². The van der Waals surface area contributed by atoms with Gasteiger partial charge in [0.05, 0.1) is 12.7 Å². The summed E-state index contributed by atoms with van der Waals surface area (Å²) in [5.74, 6) is 1.05. The summed E-state index contributed by atoms with van der Waals surface area (Å²) >= 11 is 0. The maximum Gasteiger partial charge on any atom is 0.193 e. The van der Waals surface area contributed by atoms with Gasteiger partial charge in [0, 0.05) is 32.9 Å². The Balaban J connectivity index is 0.00000161. The second kappa shape index (κ2) is 6.98. The van der Waals surface area contributed by atoms with E-state index in [-0.39, 0.29) is 24.0 Å². The molecule has 0 atom stereocenters. The van der Waals surface area contributed by atoms with Crippen LogP contribution in [-0.2, 0) is 6.54 Å². The second-order valence-electron chi connectivity index (χ2n) is 6.28. The van der Waals surface area contributed by atoms with Crippen LogP contribution >= 0.6 is 24.0 Å². The van der Waals surface area contributed by atoms with E-state index in [0.717, 1.165) is 25.6 Å². The van der Waals surface area contributed by atoms with Crippen LogP contribution in [0.25, 0.3) is 0 Å². The summed E-state index contributed by atoms with van der Waals surface area (Å²) in [5.41, 5.74) is 1.83. The van der Waals surface area contributed by atoms with Gasteiger partial charge in [-0.3, -0.25) is 9.67 Å². The van der Waals surface area contributed by atoms with E-state index < -0.39 is 0 Å². The molecule has 1 aliphatic heterocycles. The first kappa shape index (κ1) is 16.6. The van der Waals surface area contributed by atoms with Crippen LogP contribution in [0.3, 0.4) is 0 Å². The first-order valence-electron chi connectivity index (χ1n) is 7.65. The molecule has 1 N–H and O–H groups in total. The van der Waals surface area contributed by atoms with Gasteiger partial charge in [-0.25, -0.2) is 0 Å². The Bertz CT molecular complexity index is 492. The molecule has 1 saturated heterocycles. The maximum absolute atomic E-state index is 4.43. The summed E-state index contributed by atoms with van der Waals surface area (Å²) in [6.07, 6.45) is 9.55. The Morgan fingerprint density at radius 1 is 1.43 bits per heavy atom. The van der Waals surface area contributed by atoms with Crippen LogP contribution in [0, 0.1) is 12.3 Å². The van der Waals surface area contributed by atoms with Crippen molar-refractivity contribution in [1.82, 2.24) is 20.0 Å². The summed E-state index contributed by atoms with van der Waals surface area (Å²) in [4.78, 5) is 6.86. The van der Waals surface area contributed by atoms with E-state index in [0.29, 0.717) is 5.41 Å². The zero-order valence-electron chi connectivity index (χ0n) is 13.0. The molecule has 1 saturated carbocycles. The van der Waals surface area contributed by atoms with Gasteiger partial charge in [-0.15, -0.1) is 24.0 Å². The first-order valence-corrected chi connectivity index (χ1v) is 7.65. The lowest BCUT2D eigenvalue weighted by Crippen LogP contribution is -2.43. The van der Waals surface area contributed by atoms with Crippen LogP contribution in [0.2, 0.25) is 0 Å². The number of aryl methyl sites for hydroxylation is 1. The predicted octanol–water partition coefficient (Wildman–Crippen LogP) is 2.26. The Morgan fingerprint density at radius 2 is 2.24 bits per heavy atom. The first-order chi connectivity index (χ1) is 9.71. The molecule has 6 heteroatoms. The molecule has 1 aromatic rings. The fraction of sp³-hybridized carbons (Fsp3) is 0.733. The van der Waals surface area contributed by atoms with E-state index in [1.807, 2.05) is 17.9 Å².